The molecule has 1 aromatic heterocycles. The Balaban J connectivity index is 1.41. The van der Waals surface area contributed by atoms with E-state index in [0.29, 0.717) is 21.9 Å². The van der Waals surface area contributed by atoms with Crippen molar-refractivity contribution in [1.29, 1.82) is 0 Å². The summed E-state index contributed by atoms with van der Waals surface area (Å²) in [6.07, 6.45) is 10.8. The molecular weight excluding hydrogens is 412 g/mol. The van der Waals surface area contributed by atoms with Gasteiger partial charge in [-0.3, -0.25) is 19.1 Å². The molecule has 2 aromatic rings. The van der Waals surface area contributed by atoms with Crippen LogP contribution < -0.4 is 15.6 Å². The summed E-state index contributed by atoms with van der Waals surface area (Å²) in [5.41, 5.74) is 1.27. The SMILES string of the molecule is COc1ccc(C(=O)NC2C=CN=C3Sc4c(ncn(C5CCCCC5)c4=O)C32)cc1. The van der Waals surface area contributed by atoms with Gasteiger partial charge in [-0.2, -0.15) is 0 Å². The molecule has 160 valence electrons. The molecular formula is C23H24N4O3S. The van der Waals surface area contributed by atoms with Crippen LogP contribution in [0.4, 0.5) is 0 Å². The average molecular weight is 437 g/mol. The minimum absolute atomic E-state index is 0.0132. The maximum absolute atomic E-state index is 13.2. The summed E-state index contributed by atoms with van der Waals surface area (Å²) in [6.45, 7) is 0. The number of ether oxygens (including phenoxy) is 1. The van der Waals surface area contributed by atoms with Gasteiger partial charge in [-0.15, -0.1) is 0 Å². The van der Waals surface area contributed by atoms with Crippen molar-refractivity contribution in [1.82, 2.24) is 14.9 Å². The number of hydrogen-bond acceptors (Lipinski definition) is 6. The van der Waals surface area contributed by atoms with E-state index in [2.05, 4.69) is 10.3 Å². The van der Waals surface area contributed by atoms with E-state index in [-0.39, 0.29) is 29.5 Å². The van der Waals surface area contributed by atoms with Crippen molar-refractivity contribution in [2.24, 2.45) is 4.99 Å². The Hall–Kier alpha value is -2.87. The molecule has 0 saturated heterocycles. The van der Waals surface area contributed by atoms with Crippen molar-refractivity contribution >= 4 is 22.7 Å². The Morgan fingerprint density at radius 3 is 2.71 bits per heavy atom. The fraction of sp³-hybridized carbons (Fsp3) is 0.391. The van der Waals surface area contributed by atoms with Crippen molar-refractivity contribution in [3.05, 3.63) is 64.5 Å². The van der Waals surface area contributed by atoms with Gasteiger partial charge in [0.2, 0.25) is 0 Å². The zero-order valence-corrected chi connectivity index (χ0v) is 18.1. The second kappa shape index (κ2) is 8.34. The van der Waals surface area contributed by atoms with E-state index in [1.165, 1.54) is 18.2 Å². The third kappa shape index (κ3) is 3.69. The minimum Gasteiger partial charge on any atom is -0.497 e. The van der Waals surface area contributed by atoms with Gasteiger partial charge in [0.15, 0.2) is 0 Å². The zero-order valence-electron chi connectivity index (χ0n) is 17.3. The highest BCUT2D eigenvalue weighted by molar-refractivity contribution is 8.14. The lowest BCUT2D eigenvalue weighted by atomic mass is 9.94. The third-order valence-corrected chi connectivity index (χ3v) is 7.38. The Labute approximate surface area is 184 Å². The standard InChI is InChI=1S/C23H24N4O3S/c1-30-16-9-7-14(8-10-16)21(28)26-17-11-12-24-22-18(17)19-20(31-22)23(29)27(13-25-19)15-5-3-2-4-6-15/h7-13,15,17-18H,2-6H2,1H3,(H,26,28). The Morgan fingerprint density at radius 2 is 1.97 bits per heavy atom. The molecule has 3 heterocycles. The fourth-order valence-corrected chi connectivity index (χ4v) is 5.73. The van der Waals surface area contributed by atoms with Crippen LogP contribution in [-0.4, -0.2) is 33.7 Å². The summed E-state index contributed by atoms with van der Waals surface area (Å²) in [7, 11) is 1.59. The maximum atomic E-state index is 13.2. The first-order valence-electron chi connectivity index (χ1n) is 10.6. The molecule has 0 bridgehead atoms. The summed E-state index contributed by atoms with van der Waals surface area (Å²) >= 11 is 1.39. The van der Waals surface area contributed by atoms with Gasteiger partial charge in [-0.25, -0.2) is 4.98 Å². The molecule has 1 aromatic carbocycles. The molecule has 5 rings (SSSR count). The van der Waals surface area contributed by atoms with Crippen LogP contribution in [0.25, 0.3) is 0 Å². The molecule has 3 aliphatic rings. The summed E-state index contributed by atoms with van der Waals surface area (Å²) < 4.78 is 6.96. The number of thioether (sulfide) groups is 1. The average Bonchev–Trinajstić information content (AvgIpc) is 3.20. The number of aliphatic imine (C=N–C) groups is 1. The number of nitrogens with zero attached hydrogens (tertiary/aromatic N) is 3. The van der Waals surface area contributed by atoms with Crippen LogP contribution >= 0.6 is 11.8 Å². The number of fused-ring (bicyclic) bond motifs is 3. The van der Waals surface area contributed by atoms with Crippen molar-refractivity contribution in [3.8, 4) is 5.75 Å². The largest absolute Gasteiger partial charge is 0.497 e. The summed E-state index contributed by atoms with van der Waals surface area (Å²) in [5, 5.41) is 3.88. The molecule has 1 N–H and O–H groups in total. The number of amides is 1. The predicted octanol–water partition coefficient (Wildman–Crippen LogP) is 3.67. The van der Waals surface area contributed by atoms with Gasteiger partial charge in [0.1, 0.15) is 10.6 Å². The molecule has 0 radical (unpaired) electrons. The Kier molecular flexibility index (Phi) is 5.40. The molecule has 7 nitrogen and oxygen atoms in total. The van der Waals surface area contributed by atoms with Gasteiger partial charge in [-0.1, -0.05) is 31.0 Å². The van der Waals surface area contributed by atoms with E-state index in [0.717, 1.165) is 30.7 Å². The van der Waals surface area contributed by atoms with E-state index >= 15 is 0 Å². The van der Waals surface area contributed by atoms with Crippen molar-refractivity contribution < 1.29 is 9.53 Å². The van der Waals surface area contributed by atoms with Crippen molar-refractivity contribution in [3.63, 3.8) is 0 Å². The number of nitrogens with one attached hydrogen (secondary N) is 1. The molecule has 0 spiro atoms. The van der Waals surface area contributed by atoms with E-state index in [1.54, 1.807) is 48.5 Å². The quantitative estimate of drug-likeness (QED) is 0.790. The summed E-state index contributed by atoms with van der Waals surface area (Å²) in [4.78, 5) is 35.9. The van der Waals surface area contributed by atoms with Crippen LogP contribution in [0.15, 0.2) is 57.6 Å². The van der Waals surface area contributed by atoms with Crippen LogP contribution in [-0.2, 0) is 0 Å². The normalized spacial score (nSPS) is 22.4. The smallest absolute Gasteiger partial charge is 0.267 e. The number of benzene rings is 1. The monoisotopic (exact) mass is 436 g/mol. The Morgan fingerprint density at radius 1 is 1.19 bits per heavy atom. The van der Waals surface area contributed by atoms with E-state index < -0.39 is 0 Å². The second-order valence-electron chi connectivity index (χ2n) is 8.08. The second-order valence-corrected chi connectivity index (χ2v) is 9.11. The van der Waals surface area contributed by atoms with Crippen molar-refractivity contribution in [2.75, 3.05) is 7.11 Å². The van der Waals surface area contributed by atoms with Gasteiger partial charge < -0.3 is 10.1 Å². The first-order chi connectivity index (χ1) is 15.2. The highest BCUT2D eigenvalue weighted by Gasteiger charge is 2.40. The predicted molar refractivity (Wildman–Crippen MR) is 120 cm³/mol. The molecule has 1 saturated carbocycles. The zero-order chi connectivity index (χ0) is 21.4. The van der Waals surface area contributed by atoms with Crippen LogP contribution in [0.3, 0.4) is 0 Å². The molecule has 8 heteroatoms. The number of carbonyl (C=O) groups is 1. The number of methoxy groups -OCH3 is 1. The highest BCUT2D eigenvalue weighted by Crippen LogP contribution is 2.42. The number of carbonyl (C=O) groups excluding carboxylic acids is 1. The van der Waals surface area contributed by atoms with Gasteiger partial charge in [0, 0.05) is 17.8 Å². The highest BCUT2D eigenvalue weighted by atomic mass is 32.2. The molecule has 2 atom stereocenters. The van der Waals surface area contributed by atoms with Gasteiger partial charge in [-0.05, 0) is 43.2 Å². The van der Waals surface area contributed by atoms with Crippen molar-refractivity contribution in [2.45, 2.75) is 55.0 Å². The maximum Gasteiger partial charge on any atom is 0.267 e. The van der Waals surface area contributed by atoms with E-state index in [4.69, 9.17) is 9.72 Å². The molecule has 1 fully saturated rings. The van der Waals surface area contributed by atoms with Crippen LogP contribution in [0, 0.1) is 0 Å². The molecule has 1 amide bonds. The first-order valence-corrected chi connectivity index (χ1v) is 11.5. The van der Waals surface area contributed by atoms with E-state index in [9.17, 15) is 9.59 Å². The fourth-order valence-electron chi connectivity index (χ4n) is 4.54. The van der Waals surface area contributed by atoms with Gasteiger partial charge in [0.05, 0.1) is 36.1 Å². The number of aromatic nitrogens is 2. The number of rotatable bonds is 4. The molecule has 2 unspecified atom stereocenters. The van der Waals surface area contributed by atoms with Gasteiger partial charge >= 0.3 is 0 Å². The van der Waals surface area contributed by atoms with Crippen LogP contribution in [0.1, 0.15) is 60.1 Å². The van der Waals surface area contributed by atoms with E-state index in [1.807, 2.05) is 6.08 Å². The lowest BCUT2D eigenvalue weighted by molar-refractivity contribution is 0.0942. The topological polar surface area (TPSA) is 85.6 Å². The summed E-state index contributed by atoms with van der Waals surface area (Å²) in [6, 6.07) is 6.90. The molecule has 1 aliphatic carbocycles. The molecule has 31 heavy (non-hydrogen) atoms. The van der Waals surface area contributed by atoms with Crippen LogP contribution in [0.2, 0.25) is 0 Å². The summed E-state index contributed by atoms with van der Waals surface area (Å²) in [5.74, 6) is 0.275. The minimum atomic E-state index is -0.312. The lowest BCUT2D eigenvalue weighted by Crippen LogP contribution is -2.40. The van der Waals surface area contributed by atoms with Crippen LogP contribution in [0.5, 0.6) is 5.75 Å². The first kappa shape index (κ1) is 20.1. The van der Waals surface area contributed by atoms with Gasteiger partial charge in [0.25, 0.3) is 11.5 Å². The lowest BCUT2D eigenvalue weighted by Gasteiger charge is -2.25. The third-order valence-electron chi connectivity index (χ3n) is 6.22. The molecule has 2 aliphatic heterocycles. The Bertz CT molecular complexity index is 1120. The number of hydrogen-bond donors (Lipinski definition) is 1.